The molecule has 2 heterocycles. The second-order valence-electron chi connectivity index (χ2n) is 16.9. The summed E-state index contributed by atoms with van der Waals surface area (Å²) >= 11 is 4.99. The second kappa shape index (κ2) is 18.1. The van der Waals surface area contributed by atoms with Gasteiger partial charge >= 0.3 is 0 Å². The monoisotopic (exact) mass is 971 g/mol. The van der Waals surface area contributed by atoms with Gasteiger partial charge < -0.3 is 15.6 Å². The van der Waals surface area contributed by atoms with E-state index in [0.717, 1.165) is 16.8 Å². The van der Waals surface area contributed by atoms with Gasteiger partial charge in [0, 0.05) is 42.0 Å². The zero-order valence-electron chi connectivity index (χ0n) is 34.9. The largest absolute Gasteiger partial charge is 0.593 e. The first-order valence-electron chi connectivity index (χ1n) is 20.3. The number of rotatable bonds is 15. The third kappa shape index (κ3) is 10.2. The number of allylic oxidation sites excluding steroid dienone is 2. The number of nitrogens with one attached hydrogen (secondary N) is 2. The molecule has 11 nitrogen and oxygen atoms in total. The van der Waals surface area contributed by atoms with Gasteiger partial charge in [-0.05, 0) is 88.3 Å². The third-order valence-corrected chi connectivity index (χ3v) is 16.3. The molecule has 2 atom stereocenters. The normalized spacial score (nSPS) is 19.3. The molecule has 22 heteroatoms. The van der Waals surface area contributed by atoms with Crippen molar-refractivity contribution in [3.8, 4) is 23.0 Å². The Morgan fingerprint density at radius 1 is 1.08 bits per heavy atom. The number of aliphatic imine (C=N–C) groups is 1. The number of halogens is 9. The van der Waals surface area contributed by atoms with E-state index in [-0.39, 0.29) is 49.8 Å². The Labute approximate surface area is 376 Å². The van der Waals surface area contributed by atoms with Gasteiger partial charge in [0.05, 0.1) is 50.0 Å². The number of carbonyl (C=O) groups excluding carboxylic acids is 1. The van der Waals surface area contributed by atoms with Crippen LogP contribution in [0.25, 0.3) is 22.0 Å². The zero-order valence-corrected chi connectivity index (χ0v) is 37.3. The van der Waals surface area contributed by atoms with Crippen LogP contribution in [-0.4, -0.2) is 79.4 Å². The summed E-state index contributed by atoms with van der Waals surface area (Å²) in [6.45, 7) is 2.56. The van der Waals surface area contributed by atoms with E-state index < -0.39 is 128 Å². The Bertz CT molecular complexity index is 2760. The van der Waals surface area contributed by atoms with Gasteiger partial charge in [-0.15, -0.1) is 5.10 Å². The molecule has 2 aromatic heterocycles. The maximum Gasteiger partial charge on any atom is 0.289 e. The van der Waals surface area contributed by atoms with Crippen molar-refractivity contribution in [1.29, 1.82) is 0 Å². The van der Waals surface area contributed by atoms with Crippen LogP contribution in [0.3, 0.4) is 0 Å². The van der Waals surface area contributed by atoms with Crippen molar-refractivity contribution < 1.29 is 52.9 Å². The van der Waals surface area contributed by atoms with E-state index in [1.165, 1.54) is 38.1 Å². The molecule has 4 aromatic rings. The minimum Gasteiger partial charge on any atom is -0.593 e. The van der Waals surface area contributed by atoms with E-state index in [4.69, 9.17) is 22.3 Å². The molecule has 4 N–H and O–H groups in total. The zero-order chi connectivity index (χ0) is 47.4. The molecule has 7 rings (SSSR count). The molecule has 1 unspecified atom stereocenters. The molecule has 0 aliphatic heterocycles. The Kier molecular flexibility index (Phi) is 13.3. The van der Waals surface area contributed by atoms with Crippen molar-refractivity contribution in [2.24, 2.45) is 10.7 Å². The van der Waals surface area contributed by atoms with Crippen molar-refractivity contribution in [3.63, 3.8) is 0 Å². The SMILES string of the molecule is CC1([S+]([O-])Nc2nn(CC(F)F)c3c(-c4ccc(C#CC(C)(C)S(=O)(=O)C5CC5)nc4[C@H](Cc4cc(F)cc(F)c4)NC(=O)CN=C4C(=C(N)C(F)F)CCC4(F)F)ccc(Cl)c23)CC1. The number of fused-ring (bicyclic) bond motifs is 1. The van der Waals surface area contributed by atoms with Crippen LogP contribution in [0.4, 0.5) is 40.9 Å². The molecular formula is C43H42ClF8N7O4S2. The van der Waals surface area contributed by atoms with Crippen molar-refractivity contribution >= 4 is 61.1 Å². The molecule has 0 bridgehead atoms. The van der Waals surface area contributed by atoms with Crippen LogP contribution in [0.1, 0.15) is 82.3 Å². The minimum atomic E-state index is -3.73. The number of pyridine rings is 1. The van der Waals surface area contributed by atoms with Crippen LogP contribution in [0, 0.1) is 23.5 Å². The number of aromatic nitrogens is 3. The van der Waals surface area contributed by atoms with Gasteiger partial charge in [0.25, 0.3) is 18.8 Å². The second-order valence-corrected chi connectivity index (χ2v) is 21.8. The van der Waals surface area contributed by atoms with E-state index in [9.17, 15) is 52.9 Å². The first-order chi connectivity index (χ1) is 30.4. The molecule has 3 aliphatic carbocycles. The van der Waals surface area contributed by atoms with E-state index in [1.54, 1.807) is 6.92 Å². The average molecular weight is 972 g/mol. The van der Waals surface area contributed by atoms with Gasteiger partial charge in [0.15, 0.2) is 9.84 Å². The lowest BCUT2D eigenvalue weighted by Gasteiger charge is -2.23. The summed E-state index contributed by atoms with van der Waals surface area (Å²) in [7, 11) is -3.73. The predicted octanol–water partition coefficient (Wildman–Crippen LogP) is 8.38. The molecule has 3 fully saturated rings. The molecule has 2 aromatic carbocycles. The summed E-state index contributed by atoms with van der Waals surface area (Å²) in [4.78, 5) is 22.3. The lowest BCUT2D eigenvalue weighted by Crippen LogP contribution is -2.34. The van der Waals surface area contributed by atoms with E-state index in [2.05, 4.69) is 32.0 Å². The highest BCUT2D eigenvalue weighted by Crippen LogP contribution is 2.46. The van der Waals surface area contributed by atoms with Crippen LogP contribution in [0.2, 0.25) is 5.02 Å². The number of sulfone groups is 1. The fourth-order valence-corrected chi connectivity index (χ4v) is 10.5. The first-order valence-corrected chi connectivity index (χ1v) is 23.4. The van der Waals surface area contributed by atoms with E-state index in [1.807, 2.05) is 0 Å². The van der Waals surface area contributed by atoms with Crippen LogP contribution in [0.5, 0.6) is 0 Å². The number of carbonyl (C=O) groups is 1. The number of alkyl halides is 6. The summed E-state index contributed by atoms with van der Waals surface area (Å²) in [5, 5.41) is 6.46. The van der Waals surface area contributed by atoms with Gasteiger partial charge in [0.2, 0.25) is 11.7 Å². The van der Waals surface area contributed by atoms with Gasteiger partial charge in [0.1, 0.15) is 45.6 Å². The molecule has 3 saturated carbocycles. The Hall–Kier alpha value is -4.91. The third-order valence-electron chi connectivity index (χ3n) is 11.4. The standard InChI is InChI=1S/C43H42ClF8N7O4S2/c1-41(2,65(62,63)26-5-6-26)12-10-25-4-7-27(28-8-9-30(44)34-37(28)59(21-32(47)48)57-40(34)58-64(61)42(3)14-15-42)36(55-25)31(18-22-16-23(45)19-24(46)17-22)56-33(60)20-54-38-29(35(53)39(49)50)11-13-43(38,51)52/h4,7-9,16-17,19,26,31-32,39H,5-6,11,13-15,18,20-21,53H2,1-3H3,(H,56,60)(H,57,58)/t31-,64?/m0/s1. The number of hydrogen-bond donors (Lipinski definition) is 3. The highest BCUT2D eigenvalue weighted by molar-refractivity contribution is 7.94. The molecule has 0 radical (unpaired) electrons. The van der Waals surface area contributed by atoms with Gasteiger partial charge in [-0.2, -0.15) is 13.5 Å². The quantitative estimate of drug-likeness (QED) is 0.0607. The molecule has 348 valence electrons. The summed E-state index contributed by atoms with van der Waals surface area (Å²) in [6, 6.07) is 6.69. The molecule has 0 spiro atoms. The maximum absolute atomic E-state index is 15.0. The number of benzene rings is 2. The number of anilines is 1. The fraction of sp³-hybridized carbons (Fsp3) is 0.442. The number of amides is 1. The molecule has 1 amide bonds. The van der Waals surface area contributed by atoms with Crippen molar-refractivity contribution in [2.75, 3.05) is 11.3 Å². The Morgan fingerprint density at radius 3 is 2.35 bits per heavy atom. The smallest absolute Gasteiger partial charge is 0.289 e. The van der Waals surface area contributed by atoms with Crippen molar-refractivity contribution in [1.82, 2.24) is 20.1 Å². The Balaban J connectivity index is 1.41. The molecule has 3 aliphatic rings. The predicted molar refractivity (Wildman–Crippen MR) is 231 cm³/mol. The number of nitrogens with two attached hydrogens (primary N) is 1. The summed E-state index contributed by atoms with van der Waals surface area (Å²) in [6.07, 6.45) is -5.98. The fourth-order valence-electron chi connectivity index (χ4n) is 7.46. The van der Waals surface area contributed by atoms with Crippen LogP contribution in [-0.2, 0) is 39.0 Å². The summed E-state index contributed by atoms with van der Waals surface area (Å²) in [5.41, 5.74) is 2.51. The number of hydrogen-bond acceptors (Lipinski definition) is 9. The first kappa shape index (κ1) is 48.0. The molecular weight excluding hydrogens is 930 g/mol. The van der Waals surface area contributed by atoms with Gasteiger partial charge in [-0.3, -0.25) is 14.5 Å². The average Bonchev–Trinajstić information content (AvgIpc) is 4.15. The van der Waals surface area contributed by atoms with Gasteiger partial charge in [-0.25, -0.2) is 39.7 Å². The van der Waals surface area contributed by atoms with Gasteiger partial charge in [-0.1, -0.05) is 23.6 Å². The van der Waals surface area contributed by atoms with Crippen molar-refractivity contribution in [2.45, 2.75) is 112 Å². The molecule has 0 saturated heterocycles. The maximum atomic E-state index is 15.0. The summed E-state index contributed by atoms with van der Waals surface area (Å²) < 4.78 is 156. The minimum absolute atomic E-state index is 0.00975. The Morgan fingerprint density at radius 2 is 1.74 bits per heavy atom. The van der Waals surface area contributed by atoms with Crippen LogP contribution >= 0.6 is 11.6 Å². The lowest BCUT2D eigenvalue weighted by atomic mass is 9.93. The van der Waals surface area contributed by atoms with E-state index >= 15 is 0 Å². The van der Waals surface area contributed by atoms with Crippen LogP contribution in [0.15, 0.2) is 58.7 Å². The van der Waals surface area contributed by atoms with Crippen molar-refractivity contribution in [3.05, 3.63) is 87.3 Å². The summed E-state index contributed by atoms with van der Waals surface area (Å²) in [5.74, 6) is -1.37. The lowest BCUT2D eigenvalue weighted by molar-refractivity contribution is -0.120. The number of nitrogens with zero attached hydrogens (tertiary/aromatic N) is 4. The van der Waals surface area contributed by atoms with Crippen LogP contribution < -0.4 is 15.8 Å². The highest BCUT2D eigenvalue weighted by atomic mass is 35.5. The highest BCUT2D eigenvalue weighted by Gasteiger charge is 2.51. The molecule has 65 heavy (non-hydrogen) atoms. The van der Waals surface area contributed by atoms with E-state index in [0.29, 0.717) is 31.7 Å². The topological polar surface area (TPSA) is 167 Å².